The van der Waals surface area contributed by atoms with Crippen molar-refractivity contribution in [3.05, 3.63) is 206 Å². The lowest BCUT2D eigenvalue weighted by molar-refractivity contribution is -0.385. The largest absolute Gasteiger partial charge is 0.444 e. The second-order valence-electron chi connectivity index (χ2n) is 38.0. The number of nitro groups is 1. The maximum atomic E-state index is 14.9. The van der Waals surface area contributed by atoms with Gasteiger partial charge in [0.05, 0.1) is 63.1 Å². The predicted molar refractivity (Wildman–Crippen MR) is 522 cm³/mol. The second kappa shape index (κ2) is 44.6. The van der Waals surface area contributed by atoms with Crippen LogP contribution >= 0.6 is 58.8 Å². The summed E-state index contributed by atoms with van der Waals surface area (Å²) in [4.78, 5) is 84.1. The number of hydrogen-bond donors (Lipinski definition) is 7. The summed E-state index contributed by atoms with van der Waals surface area (Å²) in [7, 11) is 8.52. The quantitative estimate of drug-likeness (QED) is 0.0197. The van der Waals surface area contributed by atoms with Gasteiger partial charge in [-0.15, -0.1) is 0 Å². The monoisotopic (exact) mass is 1950 g/mol. The van der Waals surface area contributed by atoms with Gasteiger partial charge in [0.25, 0.3) is 11.6 Å². The minimum absolute atomic E-state index is 0.0149. The molecule has 5 heterocycles. The number of nitrogens with two attached hydrogens (primary N) is 3. The smallest absolute Gasteiger partial charge is 0.413 e. The number of fused-ring (bicyclic) bond motifs is 5. The van der Waals surface area contributed by atoms with Crippen molar-refractivity contribution in [1.29, 1.82) is 0 Å². The summed E-state index contributed by atoms with van der Waals surface area (Å²) < 4.78 is 117. The van der Waals surface area contributed by atoms with Gasteiger partial charge in [-0.2, -0.15) is 0 Å². The van der Waals surface area contributed by atoms with Crippen LogP contribution in [-0.2, 0) is 65.6 Å². The lowest BCUT2D eigenvalue weighted by Crippen LogP contribution is -2.48. The summed E-state index contributed by atoms with van der Waals surface area (Å²) in [6.07, 6.45) is 9.89. The van der Waals surface area contributed by atoms with E-state index in [2.05, 4.69) is 21.3 Å². The fourth-order valence-electron chi connectivity index (χ4n) is 19.5. The number of thioether (sulfide) groups is 5. The van der Waals surface area contributed by atoms with Crippen LogP contribution in [0.25, 0.3) is 0 Å². The maximum Gasteiger partial charge on any atom is 0.413 e. The van der Waals surface area contributed by atoms with E-state index in [1.807, 2.05) is 42.5 Å². The van der Waals surface area contributed by atoms with E-state index >= 15 is 0 Å². The first-order chi connectivity index (χ1) is 63.6. The molecule has 726 valence electrons. The van der Waals surface area contributed by atoms with Crippen molar-refractivity contribution >= 4 is 126 Å². The van der Waals surface area contributed by atoms with E-state index in [0.29, 0.717) is 121 Å². The average Bonchev–Trinajstić information content (AvgIpc) is 0.729. The molecule has 0 bridgehead atoms. The molecule has 5 aliphatic carbocycles. The van der Waals surface area contributed by atoms with Crippen molar-refractivity contribution in [2.75, 3.05) is 75.8 Å². The van der Waals surface area contributed by atoms with E-state index < -0.39 is 73.5 Å². The summed E-state index contributed by atoms with van der Waals surface area (Å²) in [5.41, 5.74) is 16.0. The van der Waals surface area contributed by atoms with Gasteiger partial charge in [0.15, 0.2) is 25.8 Å². The zero-order valence-electron chi connectivity index (χ0n) is 78.2. The molecule has 0 radical (unpaired) electrons. The minimum Gasteiger partial charge on any atom is -0.444 e. The van der Waals surface area contributed by atoms with E-state index in [1.165, 1.54) is 77.4 Å². The highest BCUT2D eigenvalue weighted by atomic mass is 32.2. The molecule has 5 fully saturated rings. The molecular formula is C97H124F5N13O14S5. The van der Waals surface area contributed by atoms with Gasteiger partial charge < -0.3 is 60.4 Å². The molecule has 10 aliphatic rings. The lowest BCUT2D eigenvalue weighted by atomic mass is 9.68. The Morgan fingerprint density at radius 2 is 0.649 bits per heavy atom. The van der Waals surface area contributed by atoms with E-state index in [4.69, 9.17) is 80.1 Å². The number of amidine groups is 5. The number of nitrogens with zero attached hydrogens (tertiary/aromatic N) is 6. The van der Waals surface area contributed by atoms with E-state index in [1.54, 1.807) is 158 Å². The van der Waals surface area contributed by atoms with E-state index in [0.717, 1.165) is 81.4 Å². The molecule has 5 aliphatic heterocycles. The van der Waals surface area contributed by atoms with Crippen LogP contribution in [0.1, 0.15) is 197 Å². The Morgan fingerprint density at radius 1 is 0.373 bits per heavy atom. The second-order valence-corrected chi connectivity index (χ2v) is 43.1. The number of nitrogen functional groups attached to an aromatic ring is 2. The normalized spacial score (nSPS) is 28.0. The van der Waals surface area contributed by atoms with Crippen molar-refractivity contribution in [2.45, 2.75) is 234 Å². The Labute approximate surface area is 801 Å². The highest BCUT2D eigenvalue weighted by Gasteiger charge is 2.55. The number of alkyl carbamates (subject to hydrolysis) is 3. The van der Waals surface area contributed by atoms with Crippen molar-refractivity contribution in [3.8, 4) is 0 Å². The fourth-order valence-corrected chi connectivity index (χ4v) is 25.1. The molecule has 4 amide bonds. The van der Waals surface area contributed by atoms with Crippen LogP contribution in [0.3, 0.4) is 0 Å². The number of non-ortho nitro benzene ring substituents is 1. The van der Waals surface area contributed by atoms with Gasteiger partial charge in [-0.3, -0.25) is 55.8 Å². The lowest BCUT2D eigenvalue weighted by Gasteiger charge is -2.46. The molecule has 134 heavy (non-hydrogen) atoms. The predicted octanol–water partition coefficient (Wildman–Crippen LogP) is 19.7. The molecule has 10 N–H and O–H groups in total. The average molecular weight is 1950 g/mol. The maximum absolute atomic E-state index is 14.9. The number of carbonyl (C=O) groups excluding carboxylic acids is 4. The molecule has 6 aromatic carbocycles. The number of halogens is 5. The Bertz CT molecular complexity index is 5210. The first-order valence-corrected chi connectivity index (χ1v) is 49.9. The van der Waals surface area contributed by atoms with Crippen LogP contribution in [0.5, 0.6) is 0 Å². The number of nitrogens with one attached hydrogen (secondary N) is 4. The highest BCUT2D eigenvalue weighted by Crippen LogP contribution is 2.57. The fraction of sp³-hybridized carbons (Fsp3) is 0.536. The van der Waals surface area contributed by atoms with Crippen LogP contribution < -0.4 is 38.5 Å². The van der Waals surface area contributed by atoms with Crippen molar-refractivity contribution < 1.29 is 83.9 Å². The van der Waals surface area contributed by atoms with Gasteiger partial charge in [0.1, 0.15) is 45.9 Å². The van der Waals surface area contributed by atoms with Crippen molar-refractivity contribution in [2.24, 2.45) is 60.3 Å². The molecule has 27 nitrogen and oxygen atoms in total. The molecule has 0 aromatic heterocycles. The molecule has 15 atom stereocenters. The van der Waals surface area contributed by atoms with Crippen molar-refractivity contribution in [1.82, 2.24) is 21.3 Å². The molecule has 0 saturated heterocycles. The Morgan fingerprint density at radius 3 is 0.963 bits per heavy atom. The Balaban J connectivity index is 0.000000152. The number of rotatable bonds is 12. The number of ether oxygens (including phenoxy) is 8. The zero-order chi connectivity index (χ0) is 96.9. The summed E-state index contributed by atoms with van der Waals surface area (Å²) in [5.74, 6) is 2.27. The zero-order valence-corrected chi connectivity index (χ0v) is 82.3. The van der Waals surface area contributed by atoms with Crippen LogP contribution in [0.2, 0.25) is 0 Å². The number of carbonyl (C=O) groups is 4. The standard InChI is InChI=1S/C22H23FN2O2S.C20H26FN3O5S.2C20H28FN3O3S.C15H19FN2OS/c1-27-17-11-12-22(18-9-5-6-10-19(18)23)16(13-17)14-28-21(25-22)24-20(26)15-7-3-2-4-8-15;1-19(2,3)29-18(25)22-17-23-20(8-7-14(28-4)9-12(20)11-30-17)15-10-13(24(26)27)5-6-16(15)21;2*1-19(2,3)27-18(25)23-17-24-20(15-10-13(22)5-6-16(15)21)8-7-14(26-4)9-12(20)11-28-17;1-19-11-6-7-15(12-4-2-3-5-13(12)16)10(8-11)9-20-14(17)18-15/h2-10,16-17H,11-14H2,1H3,(H,24,25,26);5-6,10,12,14H,7-9,11H2,1-4H3,(H,22,23,25);2*5-6,10,12,14H,7-9,11,22H2,1-4H3,(H,23,24,25);2-5,10-11H,6-9H2,1H3,(H2,17,18)/t16-,17-,22?;2*12-,14-,20?;12-,14-,20-;10-,11-,15?/m00000/s1. The van der Waals surface area contributed by atoms with Crippen molar-refractivity contribution in [3.63, 3.8) is 0 Å². The summed E-state index contributed by atoms with van der Waals surface area (Å²) in [5, 5.41) is 24.7. The molecule has 6 aromatic rings. The van der Waals surface area contributed by atoms with Crippen LogP contribution in [-0.4, -0.2) is 167 Å². The van der Waals surface area contributed by atoms with Gasteiger partial charge in [0.2, 0.25) is 0 Å². The highest BCUT2D eigenvalue weighted by molar-refractivity contribution is 8.15. The summed E-state index contributed by atoms with van der Waals surface area (Å²) in [6.45, 7) is 16.1. The number of anilines is 2. The topological polar surface area (TPSA) is 373 Å². The summed E-state index contributed by atoms with van der Waals surface area (Å²) in [6, 6.07) is 35.6. The van der Waals surface area contributed by atoms with E-state index in [9.17, 15) is 51.2 Å². The minimum atomic E-state index is -1.01. The van der Waals surface area contributed by atoms with Gasteiger partial charge in [-0.25, -0.2) is 36.3 Å². The molecule has 5 saturated carbocycles. The number of aliphatic imine (C=N–C) groups is 5. The molecule has 0 spiro atoms. The third-order valence-corrected chi connectivity index (χ3v) is 31.0. The molecule has 16 rings (SSSR count). The Hall–Kier alpha value is -9.05. The molecule has 37 heteroatoms. The Kier molecular flexibility index (Phi) is 34.6. The number of methoxy groups -OCH3 is 5. The van der Waals surface area contributed by atoms with Gasteiger partial charge in [-0.1, -0.05) is 113 Å². The van der Waals surface area contributed by atoms with Gasteiger partial charge in [-0.05, 0) is 225 Å². The first kappa shape index (κ1) is 104. The number of amides is 4. The third kappa shape index (κ3) is 25.3. The summed E-state index contributed by atoms with van der Waals surface area (Å²) >= 11 is 7.34. The van der Waals surface area contributed by atoms with Crippen LogP contribution in [0, 0.1) is 68.8 Å². The SMILES string of the molecule is CO[C@H]1CCC2(c3cc(N)ccc3F)N=C(NC(=O)OC(C)(C)C)SC[C@@H]2C1.CO[C@H]1CCC2(c3cc([N+](=O)[O-])ccc3F)N=C(NC(=O)OC(C)(C)C)SC[C@@H]2C1.CO[C@H]1CCC2(c3ccccc3F)N=C(N)SC[C@@H]2C1.CO[C@H]1CCC2(c3ccccc3F)N=C(NC(=O)c3ccccc3)SC[C@@H]2C1.CO[C@H]1CC[C@]2(c3cc(N)ccc3F)N=C(NC(=O)OC(C)(C)C)SC[C@@H]2C1. The first-order valence-electron chi connectivity index (χ1n) is 45.0. The van der Waals surface area contributed by atoms with Gasteiger partial charge >= 0.3 is 18.3 Å². The number of nitro benzene ring substituents is 1. The van der Waals surface area contributed by atoms with Gasteiger partial charge in [0, 0.05) is 151 Å². The van der Waals surface area contributed by atoms with E-state index in [-0.39, 0.29) is 101 Å². The number of benzene rings is 6. The molecule has 4 unspecified atom stereocenters. The molecular weight excluding hydrogens is 1830 g/mol. The third-order valence-electron chi connectivity index (χ3n) is 26.0. The van der Waals surface area contributed by atoms with Crippen LogP contribution in [0.4, 0.5) is 53.4 Å². The van der Waals surface area contributed by atoms with Crippen LogP contribution in [0.15, 0.2) is 158 Å². The number of hydrogen-bond acceptors (Lipinski definition) is 27.